The molecule has 448 valence electrons. The third-order valence-electron chi connectivity index (χ3n) is 15.0. The number of anilines is 2. The van der Waals surface area contributed by atoms with E-state index in [2.05, 4.69) is 121 Å². The molecule has 4 fully saturated rings. The Morgan fingerprint density at radius 2 is 0.847 bits per heavy atom. The summed E-state index contributed by atoms with van der Waals surface area (Å²) < 4.78 is 23.4. The molecule has 0 aliphatic carbocycles. The molecule has 21 heteroatoms. The number of morpholine rings is 4. The SMILES string of the molecule is Brc1ccc(CN2CCOCC2)nc1.CCCCB(O)c1ccc(CN2CCOCC2)nc1.Nc1ccc(-c2ccc(CN3CCOCC3)nc2)c2ccccc12.Nc1ccc(Br)c2ccccc12.OB(O)c1ccc(CN2CCOCC2)nc1. The second-order valence-corrected chi connectivity index (χ2v) is 23.0. The first-order valence-corrected chi connectivity index (χ1v) is 31.0. The molecular formula is C64H80B2Br2N10O7. The van der Waals surface area contributed by atoms with Crippen LogP contribution in [-0.2, 0) is 45.1 Å². The maximum atomic E-state index is 10.00. The van der Waals surface area contributed by atoms with Crippen LogP contribution in [0, 0.1) is 0 Å². The summed E-state index contributed by atoms with van der Waals surface area (Å²) in [5.41, 5.74) is 21.4. The molecule has 8 heterocycles. The van der Waals surface area contributed by atoms with Gasteiger partial charge in [0.15, 0.2) is 0 Å². The van der Waals surface area contributed by atoms with E-state index in [1.54, 1.807) is 6.07 Å². The Kier molecular flexibility index (Phi) is 27.0. The highest BCUT2D eigenvalue weighted by Crippen LogP contribution is 2.32. The third kappa shape index (κ3) is 21.3. The molecule has 0 amide bonds. The number of rotatable bonds is 14. The number of ether oxygens (including phenoxy) is 4. The van der Waals surface area contributed by atoms with Crippen LogP contribution in [0.15, 0.2) is 155 Å². The summed E-state index contributed by atoms with van der Waals surface area (Å²) in [4.78, 5) is 27.0. The van der Waals surface area contributed by atoms with Crippen molar-refractivity contribution in [2.24, 2.45) is 0 Å². The third-order valence-corrected chi connectivity index (χ3v) is 16.1. The minimum absolute atomic E-state index is 0.370. The van der Waals surface area contributed by atoms with E-state index in [-0.39, 0.29) is 6.92 Å². The molecule has 17 nitrogen and oxygen atoms in total. The van der Waals surface area contributed by atoms with Gasteiger partial charge in [-0.15, -0.1) is 0 Å². The van der Waals surface area contributed by atoms with Crippen LogP contribution in [0.1, 0.15) is 42.5 Å². The summed E-state index contributed by atoms with van der Waals surface area (Å²) in [5.74, 6) is 0. The molecule has 0 radical (unpaired) electrons. The Labute approximate surface area is 518 Å². The summed E-state index contributed by atoms with van der Waals surface area (Å²) in [7, 11) is -1.44. The Bertz CT molecular complexity index is 3170. The Morgan fingerprint density at radius 1 is 0.447 bits per heavy atom. The fourth-order valence-electron chi connectivity index (χ4n) is 9.96. The Balaban J connectivity index is 0.000000141. The maximum Gasteiger partial charge on any atom is 0.490 e. The number of hydrogen-bond donors (Lipinski definition) is 5. The van der Waals surface area contributed by atoms with Crippen molar-refractivity contribution in [3.05, 3.63) is 178 Å². The second-order valence-electron chi connectivity index (χ2n) is 21.2. The predicted octanol–water partition coefficient (Wildman–Crippen LogP) is 7.68. The quantitative estimate of drug-likeness (QED) is 0.0522. The van der Waals surface area contributed by atoms with Crippen LogP contribution in [-0.4, -0.2) is 174 Å². The molecule has 85 heavy (non-hydrogen) atoms. The van der Waals surface area contributed by atoms with E-state index in [1.165, 1.54) is 17.1 Å². The Morgan fingerprint density at radius 3 is 1.25 bits per heavy atom. The van der Waals surface area contributed by atoms with E-state index in [1.807, 2.05) is 91.4 Å². The number of unbranched alkanes of at least 4 members (excludes halogenated alkanes) is 1. The van der Waals surface area contributed by atoms with Crippen LogP contribution in [0.25, 0.3) is 32.7 Å². The number of hydrogen-bond acceptors (Lipinski definition) is 17. The van der Waals surface area contributed by atoms with Gasteiger partial charge in [0, 0.05) is 145 Å². The molecule has 4 aliphatic heterocycles. The molecule has 0 unspecified atom stereocenters. The van der Waals surface area contributed by atoms with E-state index in [0.717, 1.165) is 221 Å². The number of pyridine rings is 4. The van der Waals surface area contributed by atoms with E-state index in [9.17, 15) is 5.02 Å². The zero-order valence-corrected chi connectivity index (χ0v) is 51.9. The molecule has 4 aromatic carbocycles. The van der Waals surface area contributed by atoms with Crippen molar-refractivity contribution < 1.29 is 34.0 Å². The number of nitrogens with zero attached hydrogens (tertiary/aromatic N) is 8. The van der Waals surface area contributed by atoms with Gasteiger partial charge in [-0.1, -0.05) is 108 Å². The lowest BCUT2D eigenvalue weighted by Crippen LogP contribution is -2.36. The summed E-state index contributed by atoms with van der Waals surface area (Å²) >= 11 is 6.85. The first kappa shape index (κ1) is 65.2. The van der Waals surface area contributed by atoms with Crippen LogP contribution in [0.5, 0.6) is 0 Å². The van der Waals surface area contributed by atoms with Gasteiger partial charge in [0.1, 0.15) is 0 Å². The van der Waals surface area contributed by atoms with Crippen LogP contribution in [0.2, 0.25) is 6.32 Å². The lowest BCUT2D eigenvalue weighted by molar-refractivity contribution is 0.0336. The normalized spacial score (nSPS) is 15.9. The molecule has 4 aliphatic rings. The highest BCUT2D eigenvalue weighted by Gasteiger charge is 2.18. The molecule has 0 saturated carbocycles. The van der Waals surface area contributed by atoms with Gasteiger partial charge in [-0.2, -0.15) is 0 Å². The average Bonchev–Trinajstić information content (AvgIpc) is 3.74. The maximum absolute atomic E-state index is 10.00. The van der Waals surface area contributed by atoms with Gasteiger partial charge in [-0.3, -0.25) is 39.5 Å². The fourth-order valence-corrected chi connectivity index (χ4v) is 10.7. The summed E-state index contributed by atoms with van der Waals surface area (Å²) in [6.07, 6.45) is 10.1. The summed E-state index contributed by atoms with van der Waals surface area (Å²) in [6, 6.07) is 40.1. The van der Waals surface area contributed by atoms with Crippen molar-refractivity contribution in [3.8, 4) is 11.1 Å². The van der Waals surface area contributed by atoms with Crippen LogP contribution in [0.3, 0.4) is 0 Å². The number of halogens is 2. The van der Waals surface area contributed by atoms with Crippen molar-refractivity contribution >= 4 is 89.7 Å². The zero-order chi connectivity index (χ0) is 59.6. The molecule has 4 aromatic heterocycles. The van der Waals surface area contributed by atoms with E-state index in [0.29, 0.717) is 5.46 Å². The van der Waals surface area contributed by atoms with Crippen molar-refractivity contribution in [2.45, 2.75) is 52.3 Å². The number of benzene rings is 4. The largest absolute Gasteiger partial charge is 0.490 e. The molecule has 0 spiro atoms. The highest BCUT2D eigenvalue weighted by atomic mass is 79.9. The number of nitrogen functional groups attached to an aromatic ring is 2. The van der Waals surface area contributed by atoms with Crippen molar-refractivity contribution in [2.75, 3.05) is 117 Å². The van der Waals surface area contributed by atoms with E-state index >= 15 is 0 Å². The zero-order valence-electron chi connectivity index (χ0n) is 48.7. The summed E-state index contributed by atoms with van der Waals surface area (Å²) in [5, 5.41) is 32.4. The molecule has 8 aromatic rings. The lowest BCUT2D eigenvalue weighted by Gasteiger charge is -2.26. The van der Waals surface area contributed by atoms with Crippen LogP contribution >= 0.6 is 31.9 Å². The standard InChI is InChI=1S/C20H21N3O.C14H23BN2O2.C10H15BN2O3.C10H13BrN2O.C10H8BrN/c21-20-8-7-17(18-3-1-2-4-19(18)20)15-5-6-16(22-13-15)14-23-9-11-24-12-10-23;1-2-3-6-15(18)13-4-5-14(16-11-13)12-17-7-9-19-10-8-17;14-11(15)9-1-2-10(12-7-9)8-13-3-5-16-6-4-13;11-9-1-2-10(12-7-9)8-13-3-5-14-6-4-13;11-9-5-6-10(12)8-4-2-1-3-7(8)9/h1-8,13H,9-12,14,21H2;4-5,11,18H,2-3,6-10,12H2,1H3;1-2,7,14-15H,3-6,8H2;1-2,7H,3-6,8H2;1-6H,12H2. The average molecular weight is 1280 g/mol. The molecular weight excluding hydrogens is 1200 g/mol. The van der Waals surface area contributed by atoms with Crippen molar-refractivity contribution in [3.63, 3.8) is 0 Å². The monoisotopic (exact) mass is 1280 g/mol. The molecule has 12 rings (SSSR count). The fraction of sp³-hybridized carbons (Fsp3) is 0.375. The highest BCUT2D eigenvalue weighted by molar-refractivity contribution is 9.11. The number of fused-ring (bicyclic) bond motifs is 2. The molecule has 4 saturated heterocycles. The summed E-state index contributed by atoms with van der Waals surface area (Å²) in [6.45, 7) is 19.5. The minimum Gasteiger partial charge on any atom is -0.446 e. The first-order valence-electron chi connectivity index (χ1n) is 29.4. The second kappa shape index (κ2) is 35.2. The van der Waals surface area contributed by atoms with E-state index in [4.69, 9.17) is 40.5 Å². The van der Waals surface area contributed by atoms with Crippen LogP contribution in [0.4, 0.5) is 11.4 Å². The van der Waals surface area contributed by atoms with Gasteiger partial charge in [0.25, 0.3) is 0 Å². The van der Waals surface area contributed by atoms with E-state index < -0.39 is 7.12 Å². The molecule has 0 atom stereocenters. The van der Waals surface area contributed by atoms with Gasteiger partial charge in [-0.25, -0.2) is 0 Å². The Hall–Kier alpha value is -5.75. The van der Waals surface area contributed by atoms with Gasteiger partial charge in [0.05, 0.1) is 75.6 Å². The van der Waals surface area contributed by atoms with Gasteiger partial charge in [0.2, 0.25) is 0 Å². The number of nitrogens with two attached hydrogens (primary N) is 2. The molecule has 0 bridgehead atoms. The van der Waals surface area contributed by atoms with Crippen molar-refractivity contribution in [1.29, 1.82) is 0 Å². The van der Waals surface area contributed by atoms with Gasteiger partial charge < -0.3 is 45.5 Å². The number of aromatic nitrogens is 4. The molecule has 7 N–H and O–H groups in total. The van der Waals surface area contributed by atoms with Gasteiger partial charge in [-0.05, 0) is 92.6 Å². The smallest absolute Gasteiger partial charge is 0.446 e. The van der Waals surface area contributed by atoms with Crippen LogP contribution < -0.4 is 22.4 Å². The minimum atomic E-state index is -1.44. The van der Waals surface area contributed by atoms with Gasteiger partial charge >= 0.3 is 14.0 Å². The van der Waals surface area contributed by atoms with Crippen molar-refractivity contribution in [1.82, 2.24) is 39.5 Å². The topological polar surface area (TPSA) is 214 Å². The predicted molar refractivity (Wildman–Crippen MR) is 350 cm³/mol. The first-order chi connectivity index (χ1) is 41.5. The lowest BCUT2D eigenvalue weighted by atomic mass is 9.58.